The summed E-state index contributed by atoms with van der Waals surface area (Å²) in [7, 11) is -4.05. The van der Waals surface area contributed by atoms with Gasteiger partial charge in [0, 0.05) is 24.4 Å². The highest BCUT2D eigenvalue weighted by atomic mass is 32.2. The summed E-state index contributed by atoms with van der Waals surface area (Å²) in [4.78, 5) is 34.8. The third kappa shape index (κ3) is 7.12. The Hall–Kier alpha value is -3.38. The van der Waals surface area contributed by atoms with Gasteiger partial charge in [-0.05, 0) is 43.3 Å². The molecule has 0 unspecified atom stereocenters. The molecule has 2 aromatic carbocycles. The molecule has 166 valence electrons. The van der Waals surface area contributed by atoms with E-state index in [-0.39, 0.29) is 16.5 Å². The van der Waals surface area contributed by atoms with E-state index >= 15 is 0 Å². The van der Waals surface area contributed by atoms with E-state index in [2.05, 4.69) is 20.7 Å². The lowest BCUT2D eigenvalue weighted by Crippen LogP contribution is -2.46. The highest BCUT2D eigenvalue weighted by Crippen LogP contribution is 2.15. The number of amides is 3. The second-order valence-corrected chi connectivity index (χ2v) is 8.16. The third-order valence-electron chi connectivity index (χ3n) is 3.84. The molecule has 9 nitrogen and oxygen atoms in total. The molecule has 0 aliphatic carbocycles. The van der Waals surface area contributed by atoms with Gasteiger partial charge < -0.3 is 16.0 Å². The van der Waals surface area contributed by atoms with E-state index in [9.17, 15) is 31.6 Å². The molecule has 4 N–H and O–H groups in total. The molecule has 0 aromatic heterocycles. The van der Waals surface area contributed by atoms with Crippen molar-refractivity contribution < 1.29 is 31.6 Å². The van der Waals surface area contributed by atoms with Crippen molar-refractivity contribution in [3.63, 3.8) is 0 Å². The Morgan fingerprint density at radius 3 is 2.13 bits per heavy atom. The number of sulfonamides is 1. The summed E-state index contributed by atoms with van der Waals surface area (Å²) >= 11 is 0. The molecule has 0 radical (unpaired) electrons. The van der Waals surface area contributed by atoms with Crippen LogP contribution < -0.4 is 20.7 Å². The number of nitrogens with one attached hydrogen (secondary N) is 4. The lowest BCUT2D eigenvalue weighted by Gasteiger charge is -2.15. The molecule has 0 heterocycles. The van der Waals surface area contributed by atoms with Crippen molar-refractivity contribution in [3.05, 3.63) is 54.1 Å². The van der Waals surface area contributed by atoms with Gasteiger partial charge in [-0.25, -0.2) is 17.2 Å². The van der Waals surface area contributed by atoms with Crippen LogP contribution in [0, 0.1) is 11.6 Å². The predicted octanol–water partition coefficient (Wildman–Crippen LogP) is 1.34. The summed E-state index contributed by atoms with van der Waals surface area (Å²) in [5.74, 6) is -4.03. The van der Waals surface area contributed by atoms with Crippen molar-refractivity contribution in [1.29, 1.82) is 0 Å². The van der Waals surface area contributed by atoms with Gasteiger partial charge in [-0.3, -0.25) is 14.4 Å². The molecule has 0 saturated heterocycles. The van der Waals surface area contributed by atoms with Crippen molar-refractivity contribution in [2.45, 2.75) is 24.8 Å². The second-order valence-electron chi connectivity index (χ2n) is 6.44. The molecule has 2 rings (SSSR count). The monoisotopic (exact) mass is 454 g/mol. The maximum atomic E-state index is 13.1. The largest absolute Gasteiger partial charge is 0.346 e. The Morgan fingerprint density at radius 1 is 0.935 bits per heavy atom. The summed E-state index contributed by atoms with van der Waals surface area (Å²) in [5.41, 5.74) is 0.402. The third-order valence-corrected chi connectivity index (χ3v) is 5.39. The number of carbonyl (C=O) groups is 3. The first kappa shape index (κ1) is 23.9. The van der Waals surface area contributed by atoms with E-state index in [1.165, 1.54) is 38.1 Å². The molecule has 3 amide bonds. The molecule has 31 heavy (non-hydrogen) atoms. The van der Waals surface area contributed by atoms with Crippen LogP contribution in [-0.2, 0) is 24.4 Å². The number of carbonyl (C=O) groups excluding carboxylic acids is 3. The van der Waals surface area contributed by atoms with Gasteiger partial charge in [-0.15, -0.1) is 0 Å². The van der Waals surface area contributed by atoms with E-state index < -0.39 is 46.1 Å². The Morgan fingerprint density at radius 2 is 1.55 bits per heavy atom. The van der Waals surface area contributed by atoms with E-state index in [1.807, 2.05) is 0 Å². The van der Waals surface area contributed by atoms with Crippen LogP contribution in [0.2, 0.25) is 0 Å². The average Bonchev–Trinajstić information content (AvgIpc) is 2.68. The zero-order valence-corrected chi connectivity index (χ0v) is 17.3. The summed E-state index contributed by atoms with van der Waals surface area (Å²) < 4.78 is 53.0. The number of rotatable bonds is 8. The van der Waals surface area contributed by atoms with Crippen LogP contribution in [0.5, 0.6) is 0 Å². The molecule has 0 saturated carbocycles. The summed E-state index contributed by atoms with van der Waals surface area (Å²) in [6, 6.07) is 6.85. The van der Waals surface area contributed by atoms with Gasteiger partial charge in [0.15, 0.2) is 11.6 Å². The summed E-state index contributed by atoms with van der Waals surface area (Å²) in [6.07, 6.45) is 0. The topological polar surface area (TPSA) is 133 Å². The van der Waals surface area contributed by atoms with Crippen LogP contribution in [0.1, 0.15) is 13.8 Å². The van der Waals surface area contributed by atoms with Gasteiger partial charge in [-0.2, -0.15) is 4.72 Å². The molecule has 0 aliphatic rings. The second kappa shape index (κ2) is 10.1. The fourth-order valence-corrected chi connectivity index (χ4v) is 3.58. The summed E-state index contributed by atoms with van der Waals surface area (Å²) in [5, 5.41) is 7.01. The SMILES string of the molecule is CC(=O)Nc1ccc(S(=O)(=O)N[C@@H](C)C(=O)NCC(=O)Nc2ccc(F)c(F)c2)cc1. The predicted molar refractivity (Wildman–Crippen MR) is 109 cm³/mol. The van der Waals surface area contributed by atoms with E-state index in [1.54, 1.807) is 0 Å². The maximum absolute atomic E-state index is 13.1. The average molecular weight is 454 g/mol. The molecular weight excluding hydrogens is 434 g/mol. The standard InChI is InChI=1S/C19H20F2N4O5S/c1-11(25-31(29,30)15-6-3-13(4-7-15)23-12(2)26)19(28)22-10-18(27)24-14-5-8-16(20)17(21)9-14/h3-9,11,25H,10H2,1-2H3,(H,22,28)(H,23,26)(H,24,27)/t11-/m0/s1. The Labute approximate surface area is 177 Å². The zero-order chi connectivity index (χ0) is 23.2. The normalized spacial score (nSPS) is 12.0. The first-order chi connectivity index (χ1) is 14.5. The van der Waals surface area contributed by atoms with Gasteiger partial charge in [0.2, 0.25) is 27.7 Å². The van der Waals surface area contributed by atoms with Crippen molar-refractivity contribution in [2.24, 2.45) is 0 Å². The first-order valence-electron chi connectivity index (χ1n) is 8.90. The van der Waals surface area contributed by atoms with E-state index in [0.29, 0.717) is 5.69 Å². The number of hydrogen-bond acceptors (Lipinski definition) is 5. The van der Waals surface area contributed by atoms with E-state index in [4.69, 9.17) is 0 Å². The number of anilines is 2. The molecule has 0 bridgehead atoms. The molecule has 1 atom stereocenters. The lowest BCUT2D eigenvalue weighted by molar-refractivity contribution is -0.125. The van der Waals surface area contributed by atoms with Crippen molar-refractivity contribution in [2.75, 3.05) is 17.2 Å². The Balaban J connectivity index is 1.89. The van der Waals surface area contributed by atoms with Gasteiger partial charge in [0.1, 0.15) is 0 Å². The number of hydrogen-bond donors (Lipinski definition) is 4. The quantitative estimate of drug-likeness (QED) is 0.478. The van der Waals surface area contributed by atoms with Crippen molar-refractivity contribution in [3.8, 4) is 0 Å². The molecule has 0 spiro atoms. The number of benzene rings is 2. The number of halogens is 2. The fourth-order valence-electron chi connectivity index (χ4n) is 2.37. The van der Waals surface area contributed by atoms with E-state index in [0.717, 1.165) is 18.2 Å². The van der Waals surface area contributed by atoms with Crippen LogP contribution in [0.15, 0.2) is 47.4 Å². The minimum Gasteiger partial charge on any atom is -0.346 e. The van der Waals surface area contributed by atoms with Crippen molar-refractivity contribution in [1.82, 2.24) is 10.0 Å². The van der Waals surface area contributed by atoms with Crippen LogP contribution in [0.4, 0.5) is 20.2 Å². The smallest absolute Gasteiger partial charge is 0.243 e. The summed E-state index contributed by atoms with van der Waals surface area (Å²) in [6.45, 7) is 2.08. The molecule has 0 aliphatic heterocycles. The van der Waals surface area contributed by atoms with Crippen LogP contribution in [0.25, 0.3) is 0 Å². The Bertz CT molecular complexity index is 1090. The minimum absolute atomic E-state index is 0.00499. The van der Waals surface area contributed by atoms with Crippen LogP contribution in [-0.4, -0.2) is 38.7 Å². The first-order valence-corrected chi connectivity index (χ1v) is 10.4. The van der Waals surface area contributed by atoms with Gasteiger partial charge in [0.05, 0.1) is 17.5 Å². The fraction of sp³-hybridized carbons (Fsp3) is 0.211. The molecule has 0 fully saturated rings. The highest BCUT2D eigenvalue weighted by Gasteiger charge is 2.22. The minimum atomic E-state index is -4.05. The van der Waals surface area contributed by atoms with Crippen molar-refractivity contribution >= 4 is 39.1 Å². The maximum Gasteiger partial charge on any atom is 0.243 e. The molecular formula is C19H20F2N4O5S. The van der Waals surface area contributed by atoms with Gasteiger partial charge in [-0.1, -0.05) is 0 Å². The molecule has 2 aromatic rings. The Kier molecular flexibility index (Phi) is 7.78. The van der Waals surface area contributed by atoms with Crippen LogP contribution in [0.3, 0.4) is 0 Å². The van der Waals surface area contributed by atoms with Gasteiger partial charge in [0.25, 0.3) is 0 Å². The lowest BCUT2D eigenvalue weighted by atomic mass is 10.3. The van der Waals surface area contributed by atoms with Crippen LogP contribution >= 0.6 is 0 Å². The molecule has 12 heteroatoms. The highest BCUT2D eigenvalue weighted by molar-refractivity contribution is 7.89. The zero-order valence-electron chi connectivity index (χ0n) is 16.5. The van der Waals surface area contributed by atoms with Gasteiger partial charge >= 0.3 is 0 Å².